The van der Waals surface area contributed by atoms with Crippen molar-refractivity contribution in [2.75, 3.05) is 0 Å². The zero-order valence-corrected chi connectivity index (χ0v) is 14.7. The molecule has 0 fully saturated rings. The van der Waals surface area contributed by atoms with Crippen LogP contribution >= 0.6 is 11.6 Å². The molecule has 1 N–H and O–H groups in total. The van der Waals surface area contributed by atoms with Crippen LogP contribution in [0, 0.1) is 13.8 Å². The van der Waals surface area contributed by atoms with Gasteiger partial charge in [-0.2, -0.15) is 5.10 Å². The van der Waals surface area contributed by atoms with Gasteiger partial charge in [0, 0.05) is 16.1 Å². The van der Waals surface area contributed by atoms with Gasteiger partial charge in [0.1, 0.15) is 11.5 Å². The fourth-order valence-electron chi connectivity index (χ4n) is 2.37. The number of hydrazone groups is 1. The van der Waals surface area contributed by atoms with Gasteiger partial charge in [-0.05, 0) is 49.2 Å². The number of amides is 1. The first-order valence-corrected chi connectivity index (χ1v) is 8.18. The van der Waals surface area contributed by atoms with Gasteiger partial charge in [0.05, 0.1) is 6.21 Å². The molecule has 0 saturated heterocycles. The van der Waals surface area contributed by atoms with E-state index in [0.29, 0.717) is 22.1 Å². The fourth-order valence-corrected chi connectivity index (χ4v) is 2.55. The van der Waals surface area contributed by atoms with E-state index in [2.05, 4.69) is 10.5 Å². The summed E-state index contributed by atoms with van der Waals surface area (Å²) in [6.07, 6.45) is 1.47. The first-order valence-electron chi connectivity index (χ1n) is 7.80. The molecule has 0 aliphatic carbocycles. The minimum Gasteiger partial charge on any atom is -0.455 e. The van der Waals surface area contributed by atoms with Crippen LogP contribution in [0.2, 0.25) is 5.02 Å². The first kappa shape index (κ1) is 17.0. The molecule has 0 spiro atoms. The maximum atomic E-state index is 12.1. The fraction of sp³-hybridized carbons (Fsp3) is 0.100. The van der Waals surface area contributed by atoms with Crippen molar-refractivity contribution in [2.45, 2.75) is 13.8 Å². The normalized spacial score (nSPS) is 11.0. The lowest BCUT2D eigenvalue weighted by molar-refractivity contribution is 0.0954. The number of benzene rings is 2. The lowest BCUT2D eigenvalue weighted by Crippen LogP contribution is -2.18. The summed E-state index contributed by atoms with van der Waals surface area (Å²) >= 11 is 6.14. The topological polar surface area (TPSA) is 54.6 Å². The molecule has 4 nitrogen and oxygen atoms in total. The van der Waals surface area contributed by atoms with Crippen LogP contribution in [-0.2, 0) is 0 Å². The maximum Gasteiger partial charge on any atom is 0.271 e. The van der Waals surface area contributed by atoms with E-state index in [4.69, 9.17) is 16.0 Å². The van der Waals surface area contributed by atoms with Crippen molar-refractivity contribution in [1.29, 1.82) is 0 Å². The molecular formula is C20H17ClN2O2. The Labute approximate surface area is 151 Å². The molecule has 126 valence electrons. The van der Waals surface area contributed by atoms with E-state index in [0.717, 1.165) is 16.7 Å². The third-order valence-electron chi connectivity index (χ3n) is 3.83. The predicted molar refractivity (Wildman–Crippen MR) is 100 cm³/mol. The Balaban J connectivity index is 1.69. The molecule has 0 bridgehead atoms. The quantitative estimate of drug-likeness (QED) is 0.531. The number of nitrogens with zero attached hydrogens (tertiary/aromatic N) is 1. The van der Waals surface area contributed by atoms with Crippen LogP contribution in [0.15, 0.2) is 64.1 Å². The molecular weight excluding hydrogens is 336 g/mol. The van der Waals surface area contributed by atoms with E-state index in [1.54, 1.807) is 12.1 Å². The largest absolute Gasteiger partial charge is 0.455 e. The van der Waals surface area contributed by atoms with Gasteiger partial charge in [-0.15, -0.1) is 0 Å². The molecule has 0 radical (unpaired) electrons. The molecule has 0 aliphatic heterocycles. The molecule has 0 aliphatic rings. The minimum atomic E-state index is -0.258. The second kappa shape index (κ2) is 7.36. The van der Waals surface area contributed by atoms with Gasteiger partial charge in [-0.25, -0.2) is 5.43 Å². The van der Waals surface area contributed by atoms with Crippen LogP contribution in [0.3, 0.4) is 0 Å². The Morgan fingerprint density at radius 1 is 1.08 bits per heavy atom. The van der Waals surface area contributed by atoms with Crippen molar-refractivity contribution < 1.29 is 9.21 Å². The van der Waals surface area contributed by atoms with E-state index >= 15 is 0 Å². The van der Waals surface area contributed by atoms with Crippen LogP contribution in [-0.4, -0.2) is 12.1 Å². The summed E-state index contributed by atoms with van der Waals surface area (Å²) in [6, 6.07) is 16.7. The summed E-state index contributed by atoms with van der Waals surface area (Å²) < 4.78 is 5.72. The Morgan fingerprint density at radius 3 is 2.64 bits per heavy atom. The highest BCUT2D eigenvalue weighted by atomic mass is 35.5. The SMILES string of the molecule is Cc1ccc(-c2ccc(/C=N\NC(=O)c3ccccc3C)o2)cc1Cl. The van der Waals surface area contributed by atoms with Crippen LogP contribution in [0.5, 0.6) is 0 Å². The highest BCUT2D eigenvalue weighted by Crippen LogP contribution is 2.26. The molecule has 25 heavy (non-hydrogen) atoms. The molecule has 1 amide bonds. The van der Waals surface area contributed by atoms with Crippen LogP contribution in [0.25, 0.3) is 11.3 Å². The molecule has 2 aromatic carbocycles. The number of carbonyl (C=O) groups is 1. The van der Waals surface area contributed by atoms with Crippen molar-refractivity contribution in [3.05, 3.63) is 82.1 Å². The molecule has 3 rings (SSSR count). The Bertz CT molecular complexity index is 944. The smallest absolute Gasteiger partial charge is 0.271 e. The summed E-state index contributed by atoms with van der Waals surface area (Å²) in [5.41, 5.74) is 5.89. The Hall–Kier alpha value is -2.85. The molecule has 0 atom stereocenters. The molecule has 3 aromatic rings. The number of hydrogen-bond donors (Lipinski definition) is 1. The van der Waals surface area contributed by atoms with Crippen LogP contribution in [0.1, 0.15) is 27.2 Å². The average Bonchev–Trinajstić information content (AvgIpc) is 3.06. The summed E-state index contributed by atoms with van der Waals surface area (Å²) in [5.74, 6) is 0.969. The summed E-state index contributed by atoms with van der Waals surface area (Å²) in [4.78, 5) is 12.1. The van der Waals surface area contributed by atoms with Crippen molar-refractivity contribution in [3.8, 4) is 11.3 Å². The molecule has 5 heteroatoms. The summed E-state index contributed by atoms with van der Waals surface area (Å²) in [6.45, 7) is 3.83. The molecule has 0 unspecified atom stereocenters. The van der Waals surface area contributed by atoms with Crippen molar-refractivity contribution >= 4 is 23.7 Å². The first-order chi connectivity index (χ1) is 12.0. The van der Waals surface area contributed by atoms with E-state index in [1.807, 2.05) is 56.3 Å². The highest BCUT2D eigenvalue weighted by molar-refractivity contribution is 6.31. The third-order valence-corrected chi connectivity index (χ3v) is 4.24. The van der Waals surface area contributed by atoms with Crippen molar-refractivity contribution in [1.82, 2.24) is 5.43 Å². The lowest BCUT2D eigenvalue weighted by Gasteiger charge is -2.02. The standard InChI is InChI=1S/C20H17ClN2O2/c1-13-5-3-4-6-17(13)20(24)23-22-12-16-9-10-19(25-16)15-8-7-14(2)18(21)11-15/h3-12H,1-2H3,(H,23,24)/b22-12-. The van der Waals surface area contributed by atoms with Gasteiger partial charge in [-0.1, -0.05) is 41.9 Å². The lowest BCUT2D eigenvalue weighted by atomic mass is 10.1. The maximum absolute atomic E-state index is 12.1. The van der Waals surface area contributed by atoms with Crippen LogP contribution in [0.4, 0.5) is 0 Å². The number of hydrogen-bond acceptors (Lipinski definition) is 3. The van der Waals surface area contributed by atoms with Gasteiger partial charge in [0.25, 0.3) is 5.91 Å². The van der Waals surface area contributed by atoms with Gasteiger partial charge < -0.3 is 4.42 Å². The predicted octanol–water partition coefficient (Wildman–Crippen LogP) is 4.98. The second-order valence-electron chi connectivity index (χ2n) is 5.68. The van der Waals surface area contributed by atoms with E-state index < -0.39 is 0 Å². The number of rotatable bonds is 4. The van der Waals surface area contributed by atoms with Gasteiger partial charge in [-0.3, -0.25) is 4.79 Å². The van der Waals surface area contributed by atoms with Crippen molar-refractivity contribution in [3.63, 3.8) is 0 Å². The highest BCUT2D eigenvalue weighted by Gasteiger charge is 2.07. The zero-order chi connectivity index (χ0) is 17.8. The monoisotopic (exact) mass is 352 g/mol. The van der Waals surface area contributed by atoms with Gasteiger partial charge in [0.2, 0.25) is 0 Å². The van der Waals surface area contributed by atoms with E-state index in [1.165, 1.54) is 6.21 Å². The molecule has 0 saturated carbocycles. The second-order valence-corrected chi connectivity index (χ2v) is 6.09. The molecule has 1 aromatic heterocycles. The third kappa shape index (κ3) is 3.98. The number of furan rings is 1. The van der Waals surface area contributed by atoms with E-state index in [9.17, 15) is 4.79 Å². The number of nitrogens with one attached hydrogen (secondary N) is 1. The number of aryl methyl sites for hydroxylation is 2. The summed E-state index contributed by atoms with van der Waals surface area (Å²) in [5, 5.41) is 4.64. The Kier molecular flexibility index (Phi) is 5.00. The van der Waals surface area contributed by atoms with Gasteiger partial charge in [0.15, 0.2) is 0 Å². The van der Waals surface area contributed by atoms with Crippen molar-refractivity contribution in [2.24, 2.45) is 5.10 Å². The Morgan fingerprint density at radius 2 is 1.88 bits per heavy atom. The van der Waals surface area contributed by atoms with Gasteiger partial charge >= 0.3 is 0 Å². The number of carbonyl (C=O) groups excluding carboxylic acids is 1. The number of halogens is 1. The molecule has 1 heterocycles. The van der Waals surface area contributed by atoms with Crippen LogP contribution < -0.4 is 5.43 Å². The average molecular weight is 353 g/mol. The zero-order valence-electron chi connectivity index (χ0n) is 13.9. The minimum absolute atomic E-state index is 0.258. The summed E-state index contributed by atoms with van der Waals surface area (Å²) in [7, 11) is 0. The van der Waals surface area contributed by atoms with E-state index in [-0.39, 0.29) is 5.91 Å².